The van der Waals surface area contributed by atoms with Gasteiger partial charge in [-0.1, -0.05) is 20.8 Å². The molecule has 168 valence electrons. The van der Waals surface area contributed by atoms with Crippen molar-refractivity contribution in [2.24, 2.45) is 46.3 Å². The summed E-state index contributed by atoms with van der Waals surface area (Å²) in [6.07, 6.45) is 9.16. The fourth-order valence-electron chi connectivity index (χ4n) is 8.81. The standard InChI is InChI=1S/C24H40O4.H2O/c1-14(4-7-22(27)28)17-5-6-18-16-13-21(26)20-12-15(25)8-10-24(20,3)19(16)9-11-23(17,18)2;/h14-21,25-26H,4-13H2,1-3H3,(H,27,28);1H2/t14-,15+,16+,17-,18+,19+,20+,21+,23-,24-;/m1./s1. The molecular weight excluding hydrogens is 368 g/mol. The zero-order valence-corrected chi connectivity index (χ0v) is 18.4. The smallest absolute Gasteiger partial charge is 0.303 e. The van der Waals surface area contributed by atoms with Gasteiger partial charge in [-0.15, -0.1) is 0 Å². The van der Waals surface area contributed by atoms with E-state index in [2.05, 4.69) is 20.8 Å². The van der Waals surface area contributed by atoms with E-state index < -0.39 is 5.97 Å². The maximum absolute atomic E-state index is 11.1. The van der Waals surface area contributed by atoms with Gasteiger partial charge in [0.1, 0.15) is 0 Å². The predicted molar refractivity (Wildman–Crippen MR) is 112 cm³/mol. The van der Waals surface area contributed by atoms with E-state index in [1.165, 1.54) is 25.7 Å². The molecule has 0 heterocycles. The fraction of sp³-hybridized carbons (Fsp3) is 0.958. The number of aliphatic hydroxyl groups excluding tert-OH is 2. The van der Waals surface area contributed by atoms with Crippen molar-refractivity contribution in [3.63, 3.8) is 0 Å². The summed E-state index contributed by atoms with van der Waals surface area (Å²) in [5.74, 6) is 2.61. The van der Waals surface area contributed by atoms with E-state index in [9.17, 15) is 15.0 Å². The first-order chi connectivity index (χ1) is 13.2. The van der Waals surface area contributed by atoms with Crippen LogP contribution in [0.25, 0.3) is 0 Å². The van der Waals surface area contributed by atoms with Crippen molar-refractivity contribution < 1.29 is 25.6 Å². The number of carbonyl (C=O) groups is 1. The summed E-state index contributed by atoms with van der Waals surface area (Å²) < 4.78 is 0. The molecule has 0 unspecified atom stereocenters. The van der Waals surface area contributed by atoms with Gasteiger partial charge in [0.25, 0.3) is 0 Å². The highest BCUT2D eigenvalue weighted by Gasteiger charge is 2.62. The van der Waals surface area contributed by atoms with Crippen LogP contribution in [0.3, 0.4) is 0 Å². The molecule has 0 aromatic heterocycles. The van der Waals surface area contributed by atoms with Crippen LogP contribution in [0.4, 0.5) is 0 Å². The second-order valence-corrected chi connectivity index (χ2v) is 11.4. The molecule has 0 aromatic carbocycles. The van der Waals surface area contributed by atoms with Gasteiger partial charge in [0, 0.05) is 6.42 Å². The normalized spacial score (nSPS) is 49.9. The molecule has 4 aliphatic rings. The molecule has 0 aromatic rings. The van der Waals surface area contributed by atoms with Crippen LogP contribution in [-0.2, 0) is 4.79 Å². The van der Waals surface area contributed by atoms with Crippen LogP contribution in [0.5, 0.6) is 0 Å². The molecule has 0 saturated heterocycles. The van der Waals surface area contributed by atoms with E-state index in [0.29, 0.717) is 35.0 Å². The summed E-state index contributed by atoms with van der Waals surface area (Å²) in [4.78, 5) is 11.1. The summed E-state index contributed by atoms with van der Waals surface area (Å²) in [7, 11) is 0. The summed E-state index contributed by atoms with van der Waals surface area (Å²) in [6, 6.07) is 0. The van der Waals surface area contributed by atoms with Gasteiger partial charge in [0.2, 0.25) is 0 Å². The minimum absolute atomic E-state index is 0. The van der Waals surface area contributed by atoms with Crippen LogP contribution >= 0.6 is 0 Å². The lowest BCUT2D eigenvalue weighted by Crippen LogP contribution is -2.58. The number of hydrogen-bond donors (Lipinski definition) is 3. The Balaban J connectivity index is 0.00000240. The lowest BCUT2D eigenvalue weighted by molar-refractivity contribution is -0.172. The molecule has 0 bridgehead atoms. The van der Waals surface area contributed by atoms with Gasteiger partial charge in [0.05, 0.1) is 12.2 Å². The molecule has 0 aliphatic heterocycles. The number of carboxylic acids is 1. The number of hydrogen-bond acceptors (Lipinski definition) is 3. The van der Waals surface area contributed by atoms with Crippen molar-refractivity contribution >= 4 is 5.97 Å². The average molecular weight is 411 g/mol. The van der Waals surface area contributed by atoms with Crippen molar-refractivity contribution in [1.82, 2.24) is 0 Å². The SMILES string of the molecule is C[C@H](CCC(=O)O)[C@H]1CC[C@H]2[C@@H]3C[C@H](O)[C@@H]4C[C@@H](O)CC[C@]4(C)[C@H]3CC[C@]12C.O. The third-order valence-corrected chi connectivity index (χ3v) is 10.2. The Hall–Kier alpha value is -0.650. The molecule has 5 heteroatoms. The monoisotopic (exact) mass is 410 g/mol. The molecule has 4 saturated carbocycles. The Labute approximate surface area is 175 Å². The lowest BCUT2D eigenvalue weighted by Gasteiger charge is -2.62. The lowest BCUT2D eigenvalue weighted by atomic mass is 9.44. The van der Waals surface area contributed by atoms with E-state index >= 15 is 0 Å². The molecule has 29 heavy (non-hydrogen) atoms. The first-order valence-electron chi connectivity index (χ1n) is 11.7. The number of aliphatic carboxylic acids is 1. The number of rotatable bonds is 4. The first kappa shape index (κ1) is 23.0. The molecule has 10 atom stereocenters. The number of carboxylic acid groups (broad SMARTS) is 1. The number of aliphatic hydroxyl groups is 2. The molecule has 0 amide bonds. The average Bonchev–Trinajstić information content (AvgIpc) is 2.99. The molecule has 5 N–H and O–H groups in total. The summed E-state index contributed by atoms with van der Waals surface area (Å²) in [6.45, 7) is 7.16. The van der Waals surface area contributed by atoms with E-state index in [1.807, 2.05) is 0 Å². The van der Waals surface area contributed by atoms with Gasteiger partial charge in [-0.25, -0.2) is 0 Å². The largest absolute Gasteiger partial charge is 0.481 e. The van der Waals surface area contributed by atoms with Gasteiger partial charge in [-0.05, 0) is 104 Å². The molecule has 4 rings (SSSR count). The van der Waals surface area contributed by atoms with Crippen LogP contribution in [0.2, 0.25) is 0 Å². The minimum atomic E-state index is -0.677. The number of fused-ring (bicyclic) bond motifs is 5. The molecule has 4 fully saturated rings. The zero-order chi connectivity index (χ0) is 20.3. The van der Waals surface area contributed by atoms with Crippen LogP contribution in [0, 0.1) is 46.3 Å². The van der Waals surface area contributed by atoms with Crippen LogP contribution in [0.1, 0.15) is 85.0 Å². The van der Waals surface area contributed by atoms with Gasteiger partial charge >= 0.3 is 5.97 Å². The predicted octanol–water partition coefficient (Wildman–Crippen LogP) is 3.65. The van der Waals surface area contributed by atoms with Gasteiger partial charge in [-0.3, -0.25) is 4.79 Å². The molecule has 0 radical (unpaired) electrons. The van der Waals surface area contributed by atoms with E-state index in [-0.39, 0.29) is 35.4 Å². The maximum Gasteiger partial charge on any atom is 0.303 e. The molecule has 0 spiro atoms. The Morgan fingerprint density at radius 2 is 1.62 bits per heavy atom. The second kappa shape index (κ2) is 8.12. The van der Waals surface area contributed by atoms with E-state index in [4.69, 9.17) is 5.11 Å². The highest BCUT2D eigenvalue weighted by atomic mass is 16.4. The molecule has 5 nitrogen and oxygen atoms in total. The second-order valence-electron chi connectivity index (χ2n) is 11.4. The van der Waals surface area contributed by atoms with Gasteiger partial charge in [-0.2, -0.15) is 0 Å². The van der Waals surface area contributed by atoms with Gasteiger partial charge in [0.15, 0.2) is 0 Å². The zero-order valence-electron chi connectivity index (χ0n) is 18.4. The minimum Gasteiger partial charge on any atom is -0.481 e. The maximum atomic E-state index is 11.1. The van der Waals surface area contributed by atoms with E-state index in [1.54, 1.807) is 0 Å². The van der Waals surface area contributed by atoms with Gasteiger partial charge < -0.3 is 20.8 Å². The van der Waals surface area contributed by atoms with Crippen molar-refractivity contribution in [3.05, 3.63) is 0 Å². The highest BCUT2D eigenvalue weighted by molar-refractivity contribution is 5.66. The third kappa shape index (κ3) is 3.65. The van der Waals surface area contributed by atoms with E-state index in [0.717, 1.165) is 32.1 Å². The Kier molecular flexibility index (Phi) is 6.45. The van der Waals surface area contributed by atoms with Crippen molar-refractivity contribution in [2.75, 3.05) is 0 Å². The van der Waals surface area contributed by atoms with Crippen molar-refractivity contribution in [2.45, 2.75) is 97.2 Å². The Morgan fingerprint density at radius 1 is 0.966 bits per heavy atom. The molecule has 4 aliphatic carbocycles. The Bertz CT molecular complexity index is 608. The quantitative estimate of drug-likeness (QED) is 0.657. The van der Waals surface area contributed by atoms with Crippen molar-refractivity contribution in [1.29, 1.82) is 0 Å². The molecular formula is C24H42O5. The first-order valence-corrected chi connectivity index (χ1v) is 11.7. The van der Waals surface area contributed by atoms with Crippen LogP contribution < -0.4 is 0 Å². The van der Waals surface area contributed by atoms with Crippen LogP contribution in [0.15, 0.2) is 0 Å². The topological polar surface area (TPSA) is 109 Å². The summed E-state index contributed by atoms with van der Waals surface area (Å²) in [5.41, 5.74) is 0.478. The van der Waals surface area contributed by atoms with Crippen molar-refractivity contribution in [3.8, 4) is 0 Å². The van der Waals surface area contributed by atoms with Crippen LogP contribution in [-0.4, -0.2) is 39.0 Å². The fourth-order valence-corrected chi connectivity index (χ4v) is 8.81. The third-order valence-electron chi connectivity index (χ3n) is 10.2. The summed E-state index contributed by atoms with van der Waals surface area (Å²) >= 11 is 0. The highest BCUT2D eigenvalue weighted by Crippen LogP contribution is 2.68. The summed E-state index contributed by atoms with van der Waals surface area (Å²) in [5, 5.41) is 30.4. The Morgan fingerprint density at radius 3 is 2.31 bits per heavy atom.